The molecule has 23 heavy (non-hydrogen) atoms. The first-order chi connectivity index (χ1) is 11.1. The zero-order valence-corrected chi connectivity index (χ0v) is 14.9. The van der Waals surface area contributed by atoms with Crippen molar-refractivity contribution in [2.45, 2.75) is 42.9 Å². The molecule has 2 aromatic rings. The van der Waals surface area contributed by atoms with Gasteiger partial charge >= 0.3 is 0 Å². The maximum Gasteiger partial charge on any atom is 0.240 e. The number of thioether (sulfide) groups is 1. The van der Waals surface area contributed by atoms with E-state index in [0.717, 1.165) is 28.4 Å². The van der Waals surface area contributed by atoms with E-state index in [4.69, 9.17) is 11.6 Å². The molecule has 2 aromatic carbocycles. The van der Waals surface area contributed by atoms with Gasteiger partial charge in [0.15, 0.2) is 0 Å². The Hall–Kier alpha value is -1.45. The highest BCUT2D eigenvalue weighted by atomic mass is 35.5. The van der Waals surface area contributed by atoms with Crippen LogP contribution in [0, 0.1) is 0 Å². The third-order valence-corrected chi connectivity index (χ3v) is 5.80. The van der Waals surface area contributed by atoms with E-state index < -0.39 is 0 Å². The van der Waals surface area contributed by atoms with E-state index in [0.29, 0.717) is 0 Å². The fraction of sp³-hybridized carbons (Fsp3) is 0.316. The average Bonchev–Trinajstić information content (AvgIpc) is 2.89. The molecule has 0 fully saturated rings. The number of hydrogen-bond donors (Lipinski definition) is 0. The molecule has 0 saturated heterocycles. The Morgan fingerprint density at radius 1 is 1.26 bits per heavy atom. The molecular formula is C19H20ClNOS. The number of carbonyl (C=O) groups excluding carboxylic acids is 1. The van der Waals surface area contributed by atoms with Gasteiger partial charge in [-0.3, -0.25) is 4.79 Å². The van der Waals surface area contributed by atoms with Crippen LogP contribution in [0.15, 0.2) is 53.4 Å². The molecule has 120 valence electrons. The van der Waals surface area contributed by atoms with Gasteiger partial charge in [-0.15, -0.1) is 11.8 Å². The minimum atomic E-state index is -0.0789. The number of anilines is 1. The zero-order valence-electron chi connectivity index (χ0n) is 13.3. The van der Waals surface area contributed by atoms with Crippen LogP contribution in [0.1, 0.15) is 25.8 Å². The predicted octanol–water partition coefficient (Wildman–Crippen LogP) is 5.19. The van der Waals surface area contributed by atoms with Gasteiger partial charge in [0.05, 0.1) is 5.25 Å². The minimum absolute atomic E-state index is 0.0789. The first kappa shape index (κ1) is 16.4. The SMILES string of the molecule is CC[C@@H](Sc1ccc(Cl)cc1)C(=O)N1c2ccccc2C[C@@H]1C. The van der Waals surface area contributed by atoms with Crippen molar-refractivity contribution in [3.05, 3.63) is 59.1 Å². The van der Waals surface area contributed by atoms with E-state index in [1.165, 1.54) is 5.56 Å². The monoisotopic (exact) mass is 345 g/mol. The number of para-hydroxylation sites is 1. The van der Waals surface area contributed by atoms with Crippen molar-refractivity contribution in [1.82, 2.24) is 0 Å². The third-order valence-electron chi connectivity index (χ3n) is 4.18. The molecule has 4 heteroatoms. The molecule has 1 heterocycles. The van der Waals surface area contributed by atoms with E-state index in [-0.39, 0.29) is 17.2 Å². The highest BCUT2D eigenvalue weighted by molar-refractivity contribution is 8.00. The van der Waals surface area contributed by atoms with Crippen molar-refractivity contribution >= 4 is 35.0 Å². The average molecular weight is 346 g/mol. The van der Waals surface area contributed by atoms with Crippen molar-refractivity contribution in [3.8, 4) is 0 Å². The quantitative estimate of drug-likeness (QED) is 0.711. The molecule has 3 rings (SSSR count). The minimum Gasteiger partial charge on any atom is -0.308 e. The maximum absolute atomic E-state index is 13.1. The second-order valence-electron chi connectivity index (χ2n) is 5.86. The molecule has 1 amide bonds. The van der Waals surface area contributed by atoms with Crippen LogP contribution in [0.5, 0.6) is 0 Å². The fourth-order valence-corrected chi connectivity index (χ4v) is 4.17. The standard InChI is InChI=1S/C19H20ClNOS/c1-3-18(23-16-10-8-15(20)9-11-16)19(22)21-13(2)12-14-6-4-5-7-17(14)21/h4-11,13,18H,3,12H2,1-2H3/t13-,18+/m0/s1. The van der Waals surface area contributed by atoms with Crippen LogP contribution >= 0.6 is 23.4 Å². The Labute approximate surface area is 146 Å². The second kappa shape index (κ2) is 6.98. The van der Waals surface area contributed by atoms with Crippen molar-refractivity contribution in [1.29, 1.82) is 0 Å². The highest BCUT2D eigenvalue weighted by Gasteiger charge is 2.34. The van der Waals surface area contributed by atoms with Crippen LogP contribution in [0.3, 0.4) is 0 Å². The molecule has 1 aliphatic rings. The van der Waals surface area contributed by atoms with Crippen molar-refractivity contribution in [2.75, 3.05) is 4.90 Å². The van der Waals surface area contributed by atoms with Gasteiger partial charge in [-0.25, -0.2) is 0 Å². The Balaban J connectivity index is 1.81. The van der Waals surface area contributed by atoms with E-state index in [1.54, 1.807) is 11.8 Å². The van der Waals surface area contributed by atoms with Crippen LogP contribution in [0.2, 0.25) is 5.02 Å². The first-order valence-corrected chi connectivity index (χ1v) is 9.19. The van der Waals surface area contributed by atoms with Gasteiger partial charge in [-0.1, -0.05) is 36.7 Å². The molecule has 0 spiro atoms. The number of halogens is 1. The lowest BCUT2D eigenvalue weighted by Gasteiger charge is -2.27. The lowest BCUT2D eigenvalue weighted by molar-refractivity contribution is -0.118. The molecule has 0 aromatic heterocycles. The number of nitrogens with zero attached hydrogens (tertiary/aromatic N) is 1. The summed E-state index contributed by atoms with van der Waals surface area (Å²) < 4.78 is 0. The van der Waals surface area contributed by atoms with E-state index in [1.807, 2.05) is 41.3 Å². The van der Waals surface area contributed by atoms with Crippen LogP contribution in [-0.2, 0) is 11.2 Å². The van der Waals surface area contributed by atoms with Crippen LogP contribution in [0.4, 0.5) is 5.69 Å². The highest BCUT2D eigenvalue weighted by Crippen LogP contribution is 2.35. The molecule has 1 aliphatic heterocycles. The summed E-state index contributed by atoms with van der Waals surface area (Å²) in [6.45, 7) is 4.19. The van der Waals surface area contributed by atoms with Gasteiger partial charge in [-0.2, -0.15) is 0 Å². The number of rotatable bonds is 4. The van der Waals surface area contributed by atoms with Crippen LogP contribution < -0.4 is 4.90 Å². The predicted molar refractivity (Wildman–Crippen MR) is 98.5 cm³/mol. The smallest absolute Gasteiger partial charge is 0.240 e. The van der Waals surface area contributed by atoms with Crippen molar-refractivity contribution in [3.63, 3.8) is 0 Å². The molecule has 0 bridgehead atoms. The van der Waals surface area contributed by atoms with Crippen LogP contribution in [0.25, 0.3) is 0 Å². The van der Waals surface area contributed by atoms with Crippen molar-refractivity contribution < 1.29 is 4.79 Å². The van der Waals surface area contributed by atoms with Gasteiger partial charge in [0.2, 0.25) is 5.91 Å². The number of amides is 1. The summed E-state index contributed by atoms with van der Waals surface area (Å²) >= 11 is 7.56. The summed E-state index contributed by atoms with van der Waals surface area (Å²) in [6, 6.07) is 16.1. The summed E-state index contributed by atoms with van der Waals surface area (Å²) in [5.74, 6) is 0.199. The summed E-state index contributed by atoms with van der Waals surface area (Å²) in [4.78, 5) is 16.2. The second-order valence-corrected chi connectivity index (χ2v) is 7.57. The number of fused-ring (bicyclic) bond motifs is 1. The zero-order chi connectivity index (χ0) is 16.4. The van der Waals surface area contributed by atoms with Crippen LogP contribution in [-0.4, -0.2) is 17.2 Å². The molecular weight excluding hydrogens is 326 g/mol. The van der Waals surface area contributed by atoms with Gasteiger partial charge in [-0.05, 0) is 55.7 Å². The lowest BCUT2D eigenvalue weighted by Crippen LogP contribution is -2.41. The van der Waals surface area contributed by atoms with Gasteiger partial charge in [0.25, 0.3) is 0 Å². The maximum atomic E-state index is 13.1. The Morgan fingerprint density at radius 3 is 2.65 bits per heavy atom. The summed E-state index contributed by atoms with van der Waals surface area (Å²) in [5.41, 5.74) is 2.33. The normalized spacial score (nSPS) is 17.9. The van der Waals surface area contributed by atoms with Gasteiger partial charge in [0, 0.05) is 21.6 Å². The molecule has 0 saturated carbocycles. The molecule has 2 atom stereocenters. The number of hydrogen-bond acceptors (Lipinski definition) is 2. The fourth-order valence-electron chi connectivity index (χ4n) is 3.04. The topological polar surface area (TPSA) is 20.3 Å². The summed E-state index contributed by atoms with van der Waals surface area (Å²) in [7, 11) is 0. The molecule has 0 N–H and O–H groups in total. The van der Waals surface area contributed by atoms with Gasteiger partial charge < -0.3 is 4.90 Å². The van der Waals surface area contributed by atoms with E-state index in [9.17, 15) is 4.79 Å². The number of carbonyl (C=O) groups is 1. The molecule has 2 nitrogen and oxygen atoms in total. The van der Waals surface area contributed by atoms with E-state index >= 15 is 0 Å². The molecule has 0 radical (unpaired) electrons. The Morgan fingerprint density at radius 2 is 1.96 bits per heavy atom. The lowest BCUT2D eigenvalue weighted by atomic mass is 10.1. The van der Waals surface area contributed by atoms with E-state index in [2.05, 4.69) is 26.0 Å². The van der Waals surface area contributed by atoms with Gasteiger partial charge in [0.1, 0.15) is 0 Å². The molecule has 0 unspecified atom stereocenters. The third kappa shape index (κ3) is 3.41. The first-order valence-electron chi connectivity index (χ1n) is 7.93. The summed E-state index contributed by atoms with van der Waals surface area (Å²) in [5, 5.41) is 0.639. The number of benzene rings is 2. The largest absolute Gasteiger partial charge is 0.308 e. The van der Waals surface area contributed by atoms with Crippen molar-refractivity contribution in [2.24, 2.45) is 0 Å². The molecule has 0 aliphatic carbocycles. The Bertz CT molecular complexity index is 701. The Kier molecular flexibility index (Phi) is 4.98. The summed E-state index contributed by atoms with van der Waals surface area (Å²) in [6.07, 6.45) is 1.74.